The highest BCUT2D eigenvalue weighted by Gasteiger charge is 2.30. The predicted molar refractivity (Wildman–Crippen MR) is 83.5 cm³/mol. The number of carbonyl (C=O) groups excluding carboxylic acids is 1. The zero-order valence-corrected chi connectivity index (χ0v) is 13.3. The molecule has 1 aliphatic heterocycles. The van der Waals surface area contributed by atoms with Crippen LogP contribution in [0.15, 0.2) is 17.4 Å². The third-order valence-corrected chi connectivity index (χ3v) is 4.12. The van der Waals surface area contributed by atoms with Crippen LogP contribution in [0, 0.1) is 0 Å². The van der Waals surface area contributed by atoms with Crippen LogP contribution in [0.1, 0.15) is 49.2 Å². The van der Waals surface area contributed by atoms with Gasteiger partial charge in [0.05, 0.1) is 5.71 Å². The lowest BCUT2D eigenvalue weighted by atomic mass is 10.1. The molecule has 0 atom stereocenters. The second-order valence-electron chi connectivity index (χ2n) is 5.56. The fourth-order valence-corrected chi connectivity index (χ4v) is 2.89. The molecular weight excluding hydrogens is 290 g/mol. The van der Waals surface area contributed by atoms with Gasteiger partial charge in [-0.25, -0.2) is 0 Å². The van der Waals surface area contributed by atoms with Gasteiger partial charge >= 0.3 is 0 Å². The molecular formula is C15H22ClN3O2. The zero-order chi connectivity index (χ0) is 15.4. The van der Waals surface area contributed by atoms with Crippen LogP contribution in [0.2, 0.25) is 0 Å². The van der Waals surface area contributed by atoms with E-state index < -0.39 is 0 Å². The smallest absolute Gasteiger partial charge is 0.271 e. The van der Waals surface area contributed by atoms with E-state index in [1.807, 2.05) is 35.6 Å². The Morgan fingerprint density at radius 3 is 2.81 bits per heavy atom. The van der Waals surface area contributed by atoms with Crippen molar-refractivity contribution < 1.29 is 10.0 Å². The molecule has 1 aliphatic rings. The number of rotatable bonds is 5. The number of aryl methyl sites for hydroxylation is 1. The van der Waals surface area contributed by atoms with Crippen LogP contribution in [-0.4, -0.2) is 44.8 Å². The number of unbranched alkanes of at least 4 members (excludes halogenated alkanes) is 1. The number of oxime groups is 1. The molecule has 0 bridgehead atoms. The third kappa shape index (κ3) is 3.23. The Kier molecular flexibility index (Phi) is 5.28. The first-order chi connectivity index (χ1) is 10.1. The van der Waals surface area contributed by atoms with Gasteiger partial charge in [0.1, 0.15) is 5.69 Å². The lowest BCUT2D eigenvalue weighted by Crippen LogP contribution is -2.38. The van der Waals surface area contributed by atoms with E-state index in [-0.39, 0.29) is 11.9 Å². The molecule has 0 saturated carbocycles. The molecule has 2 rings (SSSR count). The number of hydrogen-bond donors (Lipinski definition) is 1. The summed E-state index contributed by atoms with van der Waals surface area (Å²) in [5.41, 5.74) is 1.96. The molecule has 1 aromatic rings. The van der Waals surface area contributed by atoms with Gasteiger partial charge in [0.25, 0.3) is 5.91 Å². The van der Waals surface area contributed by atoms with Crippen LogP contribution in [0.3, 0.4) is 0 Å². The molecule has 5 nitrogen and oxygen atoms in total. The summed E-state index contributed by atoms with van der Waals surface area (Å²) in [6, 6.07) is 1.99. The second kappa shape index (κ2) is 6.98. The number of nitrogens with zero attached hydrogens (tertiary/aromatic N) is 3. The summed E-state index contributed by atoms with van der Waals surface area (Å²) in [5, 5.41) is 12.6. The summed E-state index contributed by atoms with van der Waals surface area (Å²) in [5.74, 6) is 0.633. The molecule has 6 heteroatoms. The Morgan fingerprint density at radius 2 is 2.19 bits per heavy atom. The fourth-order valence-electron chi connectivity index (χ4n) is 2.70. The van der Waals surface area contributed by atoms with E-state index >= 15 is 0 Å². The Balaban J connectivity index is 2.38. The first-order valence-electron chi connectivity index (χ1n) is 7.37. The van der Waals surface area contributed by atoms with Gasteiger partial charge in [-0.1, -0.05) is 5.16 Å². The van der Waals surface area contributed by atoms with Gasteiger partial charge in [0.2, 0.25) is 0 Å². The standard InChI is InChI=1S/C15H22ClN3O2/c1-11(2)19-10-6-13(17-21)12-5-9-18(8-4-3-7-16)14(12)15(19)20/h5,9,11,21H,3-4,6-8,10H2,1-2H3/b17-13+. The maximum Gasteiger partial charge on any atom is 0.271 e. The van der Waals surface area contributed by atoms with Crippen molar-refractivity contribution in [1.82, 2.24) is 9.47 Å². The van der Waals surface area contributed by atoms with E-state index in [2.05, 4.69) is 5.16 Å². The van der Waals surface area contributed by atoms with Crippen LogP contribution in [0.5, 0.6) is 0 Å². The molecule has 0 radical (unpaired) electrons. The molecule has 2 heterocycles. The van der Waals surface area contributed by atoms with E-state index in [4.69, 9.17) is 11.6 Å². The van der Waals surface area contributed by atoms with Gasteiger partial charge in [-0.3, -0.25) is 4.79 Å². The lowest BCUT2D eigenvalue weighted by Gasteiger charge is -2.25. The van der Waals surface area contributed by atoms with Gasteiger partial charge in [-0.2, -0.15) is 0 Å². The van der Waals surface area contributed by atoms with Gasteiger partial charge in [-0.15, -0.1) is 11.6 Å². The highest BCUT2D eigenvalue weighted by Crippen LogP contribution is 2.22. The SMILES string of the molecule is CC(C)N1CC/C(=N\O)c2ccn(CCCCCl)c2C1=O. The average Bonchev–Trinajstić information content (AvgIpc) is 2.80. The van der Waals surface area contributed by atoms with Gasteiger partial charge in [0.15, 0.2) is 0 Å². The topological polar surface area (TPSA) is 57.8 Å². The summed E-state index contributed by atoms with van der Waals surface area (Å²) in [6.45, 7) is 5.32. The summed E-state index contributed by atoms with van der Waals surface area (Å²) in [6.07, 6.45) is 4.30. The van der Waals surface area contributed by atoms with Crippen LogP contribution < -0.4 is 0 Å². The first kappa shape index (κ1) is 15.9. The maximum absolute atomic E-state index is 12.8. The Bertz CT molecular complexity index is 537. The number of halogens is 1. The van der Waals surface area contributed by atoms with Crippen LogP contribution >= 0.6 is 11.6 Å². The van der Waals surface area contributed by atoms with Crippen molar-refractivity contribution in [3.05, 3.63) is 23.5 Å². The quantitative estimate of drug-likeness (QED) is 0.393. The molecule has 0 unspecified atom stereocenters. The van der Waals surface area contributed by atoms with Crippen molar-refractivity contribution in [3.63, 3.8) is 0 Å². The van der Waals surface area contributed by atoms with Crippen molar-refractivity contribution >= 4 is 23.2 Å². The number of aromatic nitrogens is 1. The highest BCUT2D eigenvalue weighted by atomic mass is 35.5. The van der Waals surface area contributed by atoms with E-state index in [9.17, 15) is 10.0 Å². The third-order valence-electron chi connectivity index (χ3n) is 3.85. The van der Waals surface area contributed by atoms with E-state index in [0.29, 0.717) is 30.3 Å². The average molecular weight is 312 g/mol. The molecule has 0 aromatic carbocycles. The van der Waals surface area contributed by atoms with E-state index in [0.717, 1.165) is 24.9 Å². The van der Waals surface area contributed by atoms with E-state index in [1.165, 1.54) is 0 Å². The Labute approximate surface area is 130 Å². The first-order valence-corrected chi connectivity index (χ1v) is 7.91. The number of hydrogen-bond acceptors (Lipinski definition) is 3. The number of carbonyl (C=O) groups is 1. The minimum absolute atomic E-state index is 0.00882. The molecule has 1 aromatic heterocycles. The molecule has 1 amide bonds. The number of amides is 1. The van der Waals surface area contributed by atoms with Crippen molar-refractivity contribution in [3.8, 4) is 0 Å². The summed E-state index contributed by atoms with van der Waals surface area (Å²) in [7, 11) is 0. The van der Waals surface area contributed by atoms with E-state index in [1.54, 1.807) is 0 Å². The molecule has 0 fully saturated rings. The van der Waals surface area contributed by atoms with Crippen molar-refractivity contribution in [2.45, 2.75) is 45.7 Å². The van der Waals surface area contributed by atoms with Gasteiger partial charge in [-0.05, 0) is 32.8 Å². The van der Waals surface area contributed by atoms with Gasteiger partial charge < -0.3 is 14.7 Å². The molecule has 21 heavy (non-hydrogen) atoms. The van der Waals surface area contributed by atoms with Crippen molar-refractivity contribution in [2.75, 3.05) is 12.4 Å². The van der Waals surface area contributed by atoms with Crippen molar-refractivity contribution in [1.29, 1.82) is 0 Å². The van der Waals surface area contributed by atoms with Crippen LogP contribution in [0.4, 0.5) is 0 Å². The summed E-state index contributed by atoms with van der Waals surface area (Å²) in [4.78, 5) is 14.6. The minimum atomic E-state index is 0.00882. The fraction of sp³-hybridized carbons (Fsp3) is 0.600. The monoisotopic (exact) mass is 311 g/mol. The Hall–Kier alpha value is -1.49. The summed E-state index contributed by atoms with van der Waals surface area (Å²) >= 11 is 5.71. The largest absolute Gasteiger partial charge is 0.411 e. The highest BCUT2D eigenvalue weighted by molar-refractivity contribution is 6.17. The number of alkyl halides is 1. The molecule has 1 N–H and O–H groups in total. The zero-order valence-electron chi connectivity index (χ0n) is 12.5. The minimum Gasteiger partial charge on any atom is -0.411 e. The molecule has 116 valence electrons. The Morgan fingerprint density at radius 1 is 1.43 bits per heavy atom. The second-order valence-corrected chi connectivity index (χ2v) is 5.93. The van der Waals surface area contributed by atoms with Crippen LogP contribution in [-0.2, 0) is 6.54 Å². The molecule has 0 spiro atoms. The normalized spacial score (nSPS) is 17.4. The number of fused-ring (bicyclic) bond motifs is 1. The predicted octanol–water partition coefficient (Wildman–Crippen LogP) is 2.94. The maximum atomic E-state index is 12.8. The van der Waals surface area contributed by atoms with Crippen LogP contribution in [0.25, 0.3) is 0 Å². The lowest BCUT2D eigenvalue weighted by molar-refractivity contribution is 0.0704. The van der Waals surface area contributed by atoms with Crippen molar-refractivity contribution in [2.24, 2.45) is 5.16 Å². The molecule has 0 saturated heterocycles. The van der Waals surface area contributed by atoms with Gasteiger partial charge in [0, 0.05) is 43.2 Å². The summed E-state index contributed by atoms with van der Waals surface area (Å²) < 4.78 is 1.95. The molecule has 0 aliphatic carbocycles.